The summed E-state index contributed by atoms with van der Waals surface area (Å²) in [6, 6.07) is 14.5. The van der Waals surface area contributed by atoms with E-state index < -0.39 is 0 Å². The lowest BCUT2D eigenvalue weighted by atomic mass is 9.63. The highest BCUT2D eigenvalue weighted by molar-refractivity contribution is 5.89. The number of rotatable bonds is 9. The zero-order chi connectivity index (χ0) is 24.1. The topological polar surface area (TPSA) is 35.5 Å². The molecule has 3 nitrogen and oxygen atoms in total. The Morgan fingerprint density at radius 2 is 1.64 bits per heavy atom. The van der Waals surface area contributed by atoms with Crippen LogP contribution in [0.2, 0.25) is 0 Å². The Hall–Kier alpha value is -2.39. The van der Waals surface area contributed by atoms with Gasteiger partial charge in [0.05, 0.1) is 12.2 Å². The predicted molar refractivity (Wildman–Crippen MR) is 137 cm³/mol. The molecule has 178 valence electrons. The van der Waals surface area contributed by atoms with E-state index in [1.807, 2.05) is 31.2 Å². The highest BCUT2D eigenvalue weighted by atomic mass is 16.5. The van der Waals surface area contributed by atoms with Crippen molar-refractivity contribution in [3.05, 3.63) is 76.4 Å². The molecule has 33 heavy (non-hydrogen) atoms. The normalized spacial score (nSPS) is 17.5. The molecule has 0 bridgehead atoms. The van der Waals surface area contributed by atoms with Gasteiger partial charge in [0.25, 0.3) is 0 Å². The van der Waals surface area contributed by atoms with Gasteiger partial charge in [0.15, 0.2) is 0 Å². The molecule has 1 aliphatic carbocycles. The SMILES string of the molecule is CCCCOC(C=Cc1ccc(C(=O)OCC)cc1)c1ccc2c(c1)C(C)(C)CCC2(C)C. The fraction of sp³-hybridized carbons (Fsp3) is 0.500. The number of fused-ring (bicyclic) bond motifs is 1. The highest BCUT2D eigenvalue weighted by Crippen LogP contribution is 2.46. The van der Waals surface area contributed by atoms with Crippen LogP contribution < -0.4 is 0 Å². The summed E-state index contributed by atoms with van der Waals surface area (Å²) in [5.41, 5.74) is 6.10. The maximum Gasteiger partial charge on any atom is 0.338 e. The van der Waals surface area contributed by atoms with Gasteiger partial charge in [-0.15, -0.1) is 0 Å². The van der Waals surface area contributed by atoms with E-state index in [2.05, 4.69) is 65.0 Å². The summed E-state index contributed by atoms with van der Waals surface area (Å²) in [5, 5.41) is 0. The number of unbranched alkanes of at least 4 members (excludes halogenated alkanes) is 1. The van der Waals surface area contributed by atoms with Crippen molar-refractivity contribution in [2.24, 2.45) is 0 Å². The van der Waals surface area contributed by atoms with Gasteiger partial charge in [0.1, 0.15) is 6.10 Å². The molecule has 0 saturated heterocycles. The minimum Gasteiger partial charge on any atom is -0.462 e. The Morgan fingerprint density at radius 1 is 0.970 bits per heavy atom. The van der Waals surface area contributed by atoms with Crippen molar-refractivity contribution in [3.8, 4) is 0 Å². The summed E-state index contributed by atoms with van der Waals surface area (Å²) in [4.78, 5) is 11.9. The van der Waals surface area contributed by atoms with E-state index >= 15 is 0 Å². The van der Waals surface area contributed by atoms with Crippen LogP contribution in [-0.4, -0.2) is 19.2 Å². The first-order valence-electron chi connectivity index (χ1n) is 12.4. The molecule has 0 fully saturated rings. The van der Waals surface area contributed by atoms with Crippen LogP contribution in [0.1, 0.15) is 106 Å². The molecule has 3 rings (SSSR count). The Labute approximate surface area is 200 Å². The molecule has 2 aromatic rings. The third kappa shape index (κ3) is 6.14. The monoisotopic (exact) mass is 448 g/mol. The van der Waals surface area contributed by atoms with E-state index in [0.29, 0.717) is 12.2 Å². The summed E-state index contributed by atoms with van der Waals surface area (Å²) in [6.07, 6.45) is 8.68. The number of hydrogen-bond acceptors (Lipinski definition) is 3. The average Bonchev–Trinajstić information content (AvgIpc) is 2.79. The quantitative estimate of drug-likeness (QED) is 0.290. The molecule has 1 unspecified atom stereocenters. The molecule has 1 atom stereocenters. The van der Waals surface area contributed by atoms with E-state index in [0.717, 1.165) is 25.0 Å². The smallest absolute Gasteiger partial charge is 0.338 e. The van der Waals surface area contributed by atoms with Crippen molar-refractivity contribution < 1.29 is 14.3 Å². The van der Waals surface area contributed by atoms with E-state index in [4.69, 9.17) is 9.47 Å². The second kappa shape index (κ2) is 10.7. The van der Waals surface area contributed by atoms with Crippen molar-refractivity contribution in [1.82, 2.24) is 0 Å². The van der Waals surface area contributed by atoms with E-state index in [9.17, 15) is 4.79 Å². The Bertz CT molecular complexity index is 967. The summed E-state index contributed by atoms with van der Waals surface area (Å²) in [7, 11) is 0. The molecule has 1 aliphatic rings. The van der Waals surface area contributed by atoms with E-state index in [1.54, 1.807) is 0 Å². The highest BCUT2D eigenvalue weighted by Gasteiger charge is 2.37. The van der Waals surface area contributed by atoms with Crippen LogP contribution in [0.25, 0.3) is 6.08 Å². The summed E-state index contributed by atoms with van der Waals surface area (Å²) >= 11 is 0. The van der Waals surface area contributed by atoms with Gasteiger partial charge in [-0.3, -0.25) is 0 Å². The van der Waals surface area contributed by atoms with Gasteiger partial charge in [-0.25, -0.2) is 4.79 Å². The van der Waals surface area contributed by atoms with Crippen molar-refractivity contribution in [3.63, 3.8) is 0 Å². The maximum atomic E-state index is 11.9. The van der Waals surface area contributed by atoms with Gasteiger partial charge < -0.3 is 9.47 Å². The maximum absolute atomic E-state index is 11.9. The summed E-state index contributed by atoms with van der Waals surface area (Å²) in [6.45, 7) is 14.5. The van der Waals surface area contributed by atoms with Crippen LogP contribution in [0.5, 0.6) is 0 Å². The number of carbonyl (C=O) groups is 1. The summed E-state index contributed by atoms with van der Waals surface area (Å²) in [5.74, 6) is -0.284. The lowest BCUT2D eigenvalue weighted by molar-refractivity contribution is 0.0526. The Morgan fingerprint density at radius 3 is 2.27 bits per heavy atom. The average molecular weight is 449 g/mol. The largest absolute Gasteiger partial charge is 0.462 e. The zero-order valence-corrected chi connectivity index (χ0v) is 21.2. The second-order valence-electron chi connectivity index (χ2n) is 10.4. The molecular weight excluding hydrogens is 408 g/mol. The number of esters is 1. The van der Waals surface area contributed by atoms with E-state index in [1.165, 1.54) is 29.5 Å². The van der Waals surface area contributed by atoms with Crippen LogP contribution in [0.15, 0.2) is 48.5 Å². The molecule has 0 N–H and O–H groups in total. The second-order valence-corrected chi connectivity index (χ2v) is 10.4. The Kier molecular flexibility index (Phi) is 8.18. The molecule has 0 saturated carbocycles. The first-order valence-corrected chi connectivity index (χ1v) is 12.4. The van der Waals surface area contributed by atoms with Crippen LogP contribution in [0.4, 0.5) is 0 Å². The zero-order valence-electron chi connectivity index (χ0n) is 21.2. The molecule has 0 aromatic heterocycles. The fourth-order valence-corrected chi connectivity index (χ4v) is 4.54. The molecule has 0 aliphatic heterocycles. The van der Waals surface area contributed by atoms with Crippen molar-refractivity contribution in [2.45, 2.75) is 84.2 Å². The van der Waals surface area contributed by atoms with Crippen LogP contribution >= 0.6 is 0 Å². The van der Waals surface area contributed by atoms with E-state index in [-0.39, 0.29) is 22.9 Å². The number of carbonyl (C=O) groups excluding carboxylic acids is 1. The van der Waals surface area contributed by atoms with Crippen LogP contribution in [0.3, 0.4) is 0 Å². The third-order valence-corrected chi connectivity index (χ3v) is 6.89. The van der Waals surface area contributed by atoms with Crippen LogP contribution in [-0.2, 0) is 20.3 Å². The van der Waals surface area contributed by atoms with Gasteiger partial charge in [-0.1, -0.05) is 83.5 Å². The third-order valence-electron chi connectivity index (χ3n) is 6.89. The standard InChI is InChI=1S/C30H40O3/c1-7-9-20-33-27(17-12-22-10-13-23(14-11-22)28(31)32-8-2)24-15-16-25-26(21-24)30(5,6)19-18-29(25,3)4/h10-17,21,27H,7-9,18-20H2,1-6H3. The molecule has 2 aromatic carbocycles. The molecule has 0 radical (unpaired) electrons. The van der Waals surface area contributed by atoms with Crippen molar-refractivity contribution in [2.75, 3.05) is 13.2 Å². The van der Waals surface area contributed by atoms with Gasteiger partial charge in [0, 0.05) is 6.61 Å². The van der Waals surface area contributed by atoms with Gasteiger partial charge >= 0.3 is 5.97 Å². The molecule has 3 heteroatoms. The van der Waals surface area contributed by atoms with Crippen molar-refractivity contribution >= 4 is 12.0 Å². The van der Waals surface area contributed by atoms with Gasteiger partial charge in [-0.2, -0.15) is 0 Å². The summed E-state index contributed by atoms with van der Waals surface area (Å²) < 4.78 is 11.4. The number of benzene rings is 2. The molecular formula is C30H40O3. The lowest BCUT2D eigenvalue weighted by Crippen LogP contribution is -2.34. The number of hydrogen-bond donors (Lipinski definition) is 0. The van der Waals surface area contributed by atoms with Gasteiger partial charge in [-0.05, 0) is 71.4 Å². The minimum absolute atomic E-state index is 0.104. The minimum atomic E-state index is -0.284. The first kappa shape index (κ1) is 25.2. The van der Waals surface area contributed by atoms with Gasteiger partial charge in [0.2, 0.25) is 0 Å². The number of ether oxygens (including phenoxy) is 2. The molecule has 0 amide bonds. The first-order chi connectivity index (χ1) is 15.7. The molecule has 0 spiro atoms. The predicted octanol–water partition coefficient (Wildman–Crippen LogP) is 7.78. The van der Waals surface area contributed by atoms with Crippen LogP contribution in [0, 0.1) is 0 Å². The lowest BCUT2D eigenvalue weighted by Gasteiger charge is -2.42. The Balaban J connectivity index is 1.88. The fourth-order valence-electron chi connectivity index (χ4n) is 4.54. The molecule has 0 heterocycles. The van der Waals surface area contributed by atoms with Crippen molar-refractivity contribution in [1.29, 1.82) is 0 Å².